The molecule has 0 heterocycles. The van der Waals surface area contributed by atoms with Gasteiger partial charge >= 0.3 is 0 Å². The molecule has 2 N–H and O–H groups in total. The molecule has 0 radical (unpaired) electrons. The highest BCUT2D eigenvalue weighted by Gasteiger charge is 2.69. The summed E-state index contributed by atoms with van der Waals surface area (Å²) in [5.41, 5.74) is 2.07. The highest BCUT2D eigenvalue weighted by Crippen LogP contribution is 2.75. The molecule has 3 fully saturated rings. The molecule has 32 heavy (non-hydrogen) atoms. The molecule has 0 spiro atoms. The first kappa shape index (κ1) is 22.1. The minimum atomic E-state index is -0.625. The molecule has 174 valence electrons. The number of aliphatic hydroxyl groups is 2. The second kappa shape index (κ2) is 6.46. The molecule has 5 rings (SSSR count). The fraction of sp³-hybridized carbons (Fsp3) is 0.714. The Morgan fingerprint density at radius 3 is 2.34 bits per heavy atom. The van der Waals surface area contributed by atoms with Crippen molar-refractivity contribution in [3.05, 3.63) is 34.6 Å². The normalized spacial score (nSPS) is 50.6. The SMILES string of the molecule is CC1=C(O)C(=O)C=C2C1=C[C@H](O)[C@H]1[C@@]2(C)CC[C@@]2(C)[C@@H]3C[C@@H](C)C(=O)C[C@]3(C)CC[C@]12C. The molecule has 4 nitrogen and oxygen atoms in total. The zero-order valence-corrected chi connectivity index (χ0v) is 20.4. The smallest absolute Gasteiger partial charge is 0.220 e. The maximum Gasteiger partial charge on any atom is 0.220 e. The van der Waals surface area contributed by atoms with Crippen LogP contribution in [0.2, 0.25) is 0 Å². The molecular formula is C28H38O4. The lowest BCUT2D eigenvalue weighted by molar-refractivity contribution is -0.222. The number of Topliss-reactive ketones (excluding diaryl/α,β-unsaturated/α-hetero) is 1. The Morgan fingerprint density at radius 2 is 1.66 bits per heavy atom. The summed E-state index contributed by atoms with van der Waals surface area (Å²) >= 11 is 0. The van der Waals surface area contributed by atoms with Crippen LogP contribution in [0.25, 0.3) is 0 Å². The van der Waals surface area contributed by atoms with Crippen molar-refractivity contribution in [2.45, 2.75) is 86.2 Å². The van der Waals surface area contributed by atoms with Crippen LogP contribution in [0, 0.1) is 39.4 Å². The topological polar surface area (TPSA) is 74.6 Å². The van der Waals surface area contributed by atoms with Crippen LogP contribution in [-0.4, -0.2) is 27.9 Å². The molecule has 0 unspecified atom stereocenters. The summed E-state index contributed by atoms with van der Waals surface area (Å²) in [5, 5.41) is 21.9. The van der Waals surface area contributed by atoms with E-state index in [1.807, 2.05) is 6.08 Å². The van der Waals surface area contributed by atoms with Crippen molar-refractivity contribution in [3.63, 3.8) is 0 Å². The van der Waals surface area contributed by atoms with Gasteiger partial charge in [0.2, 0.25) is 5.78 Å². The highest BCUT2D eigenvalue weighted by molar-refractivity contribution is 6.06. The van der Waals surface area contributed by atoms with Crippen LogP contribution >= 0.6 is 0 Å². The zero-order valence-electron chi connectivity index (χ0n) is 20.4. The van der Waals surface area contributed by atoms with Crippen LogP contribution in [0.3, 0.4) is 0 Å². The summed E-state index contributed by atoms with van der Waals surface area (Å²) in [7, 11) is 0. The Hall–Kier alpha value is -1.68. The van der Waals surface area contributed by atoms with Gasteiger partial charge in [-0.25, -0.2) is 0 Å². The second-order valence-electron chi connectivity index (χ2n) is 12.7. The molecule has 3 saturated carbocycles. The molecule has 0 amide bonds. The molecule has 5 aliphatic rings. The van der Waals surface area contributed by atoms with Crippen LogP contribution in [0.4, 0.5) is 0 Å². The fourth-order valence-corrected chi connectivity index (χ4v) is 9.14. The lowest BCUT2D eigenvalue weighted by Gasteiger charge is -2.71. The van der Waals surface area contributed by atoms with Gasteiger partial charge in [0.25, 0.3) is 0 Å². The van der Waals surface area contributed by atoms with E-state index in [0.717, 1.165) is 43.3 Å². The van der Waals surface area contributed by atoms with Crippen molar-refractivity contribution in [2.24, 2.45) is 39.4 Å². The average Bonchev–Trinajstić information content (AvgIpc) is 2.71. The molecule has 0 aromatic heterocycles. The van der Waals surface area contributed by atoms with Crippen molar-refractivity contribution in [2.75, 3.05) is 0 Å². The first-order valence-corrected chi connectivity index (χ1v) is 12.4. The first-order chi connectivity index (χ1) is 14.8. The van der Waals surface area contributed by atoms with Gasteiger partial charge in [-0.05, 0) is 89.9 Å². The predicted molar refractivity (Wildman–Crippen MR) is 124 cm³/mol. The van der Waals surface area contributed by atoms with Crippen LogP contribution < -0.4 is 0 Å². The summed E-state index contributed by atoms with van der Waals surface area (Å²) in [6.07, 6.45) is 8.45. The third kappa shape index (κ3) is 2.48. The average molecular weight is 439 g/mol. The number of hydrogen-bond acceptors (Lipinski definition) is 4. The van der Waals surface area contributed by atoms with E-state index < -0.39 is 6.10 Å². The Bertz CT molecular complexity index is 1020. The monoisotopic (exact) mass is 438 g/mol. The number of carbonyl (C=O) groups excluding carboxylic acids is 2. The Kier molecular flexibility index (Phi) is 4.47. The second-order valence-corrected chi connectivity index (χ2v) is 12.7. The van der Waals surface area contributed by atoms with E-state index in [9.17, 15) is 19.8 Å². The lowest BCUT2D eigenvalue weighted by Crippen LogP contribution is -2.66. The van der Waals surface area contributed by atoms with Crippen LogP contribution in [0.1, 0.15) is 80.1 Å². The van der Waals surface area contributed by atoms with Gasteiger partial charge in [-0.2, -0.15) is 0 Å². The minimum Gasteiger partial charge on any atom is -0.504 e. The van der Waals surface area contributed by atoms with Gasteiger partial charge in [-0.15, -0.1) is 0 Å². The molecule has 8 atom stereocenters. The molecular weight excluding hydrogens is 400 g/mol. The van der Waals surface area contributed by atoms with Crippen molar-refractivity contribution < 1.29 is 19.8 Å². The number of carbonyl (C=O) groups is 2. The van der Waals surface area contributed by atoms with E-state index in [1.54, 1.807) is 13.0 Å². The lowest BCUT2D eigenvalue weighted by atomic mass is 9.33. The maximum atomic E-state index is 12.7. The summed E-state index contributed by atoms with van der Waals surface area (Å²) in [6.45, 7) is 13.2. The number of aliphatic hydroxyl groups excluding tert-OH is 2. The van der Waals surface area contributed by atoms with Crippen molar-refractivity contribution in [1.29, 1.82) is 0 Å². The van der Waals surface area contributed by atoms with E-state index in [-0.39, 0.29) is 45.0 Å². The first-order valence-electron chi connectivity index (χ1n) is 12.4. The van der Waals surface area contributed by atoms with Crippen molar-refractivity contribution in [1.82, 2.24) is 0 Å². The molecule has 0 aromatic carbocycles. The van der Waals surface area contributed by atoms with E-state index in [0.29, 0.717) is 23.7 Å². The fourth-order valence-electron chi connectivity index (χ4n) is 9.14. The van der Waals surface area contributed by atoms with Gasteiger partial charge in [-0.3, -0.25) is 9.59 Å². The Balaban J connectivity index is 1.64. The predicted octanol–water partition coefficient (Wildman–Crippen LogP) is 5.47. The van der Waals surface area contributed by atoms with E-state index in [4.69, 9.17) is 0 Å². The third-order valence-corrected chi connectivity index (χ3v) is 11.2. The van der Waals surface area contributed by atoms with Crippen molar-refractivity contribution >= 4 is 11.6 Å². The number of hydrogen-bond donors (Lipinski definition) is 2. The number of fused-ring (bicyclic) bond motifs is 7. The summed E-state index contributed by atoms with van der Waals surface area (Å²) in [5.74, 6) is 0.460. The molecule has 0 saturated heterocycles. The molecule has 0 aliphatic heterocycles. The van der Waals surface area contributed by atoms with Gasteiger partial charge in [0.05, 0.1) is 6.10 Å². The molecule has 0 bridgehead atoms. The zero-order chi connectivity index (χ0) is 23.4. The van der Waals surface area contributed by atoms with Gasteiger partial charge in [0.1, 0.15) is 5.78 Å². The van der Waals surface area contributed by atoms with Gasteiger partial charge in [-0.1, -0.05) is 34.6 Å². The van der Waals surface area contributed by atoms with Crippen molar-refractivity contribution in [3.8, 4) is 0 Å². The summed E-state index contributed by atoms with van der Waals surface area (Å²) in [4.78, 5) is 25.2. The molecule has 0 aromatic rings. The summed E-state index contributed by atoms with van der Waals surface area (Å²) < 4.78 is 0. The number of ketones is 2. The standard InChI is InChI=1S/C28H38O4/c1-15-11-22-25(3,14-21(15)31)7-9-28(6)24-20(30)12-17-16(2)23(32)19(29)13-18(17)26(24,4)8-10-27(22,28)5/h12-13,15,20,22,24,30,32H,7-11,14H2,1-6H3/t15-,20+,22-,24+,25+,26+,27+,28-/m1/s1. The summed E-state index contributed by atoms with van der Waals surface area (Å²) in [6, 6.07) is 0. The van der Waals surface area contributed by atoms with Gasteiger partial charge in [0.15, 0.2) is 5.76 Å². The quantitative estimate of drug-likeness (QED) is 0.526. The molecule has 5 aliphatic carbocycles. The van der Waals surface area contributed by atoms with E-state index in [2.05, 4.69) is 34.6 Å². The van der Waals surface area contributed by atoms with Gasteiger partial charge < -0.3 is 10.2 Å². The largest absolute Gasteiger partial charge is 0.504 e. The van der Waals surface area contributed by atoms with E-state index in [1.165, 1.54) is 0 Å². The van der Waals surface area contributed by atoms with Crippen LogP contribution in [-0.2, 0) is 9.59 Å². The minimum absolute atomic E-state index is 0.00192. The molecule has 4 heteroatoms. The third-order valence-electron chi connectivity index (χ3n) is 11.2. The van der Waals surface area contributed by atoms with E-state index >= 15 is 0 Å². The highest BCUT2D eigenvalue weighted by atomic mass is 16.3. The number of allylic oxidation sites excluding steroid dienone is 4. The number of rotatable bonds is 0. The Morgan fingerprint density at radius 1 is 1.00 bits per heavy atom. The Labute approximate surface area is 191 Å². The van der Waals surface area contributed by atoms with Crippen LogP contribution in [0.15, 0.2) is 34.6 Å². The maximum absolute atomic E-state index is 12.7. The van der Waals surface area contributed by atoms with Crippen LogP contribution in [0.5, 0.6) is 0 Å². The van der Waals surface area contributed by atoms with Gasteiger partial charge in [0, 0.05) is 23.8 Å².